The molecule has 1 unspecified atom stereocenters. The van der Waals surface area contributed by atoms with E-state index >= 15 is 0 Å². The first kappa shape index (κ1) is 15.3. The summed E-state index contributed by atoms with van der Waals surface area (Å²) in [6.07, 6.45) is 1.68. The van der Waals surface area contributed by atoms with Crippen molar-refractivity contribution < 1.29 is 19.4 Å². The lowest BCUT2D eigenvalue weighted by atomic mass is 10.1. The molecule has 118 valence electrons. The van der Waals surface area contributed by atoms with E-state index in [9.17, 15) is 14.7 Å². The second-order valence-electron chi connectivity index (χ2n) is 5.13. The van der Waals surface area contributed by atoms with Crippen LogP contribution in [-0.2, 0) is 14.3 Å². The van der Waals surface area contributed by atoms with Crippen LogP contribution in [-0.4, -0.2) is 72.2 Å². The Kier molecular flexibility index (Phi) is 4.60. The Bertz CT molecular complexity index is 579. The molecule has 0 aliphatic carbocycles. The fourth-order valence-electron chi connectivity index (χ4n) is 2.51. The van der Waals surface area contributed by atoms with Crippen LogP contribution in [0.2, 0.25) is 0 Å². The molecule has 0 bridgehead atoms. The number of ether oxygens (including phenoxy) is 1. The zero-order valence-electron chi connectivity index (χ0n) is 11.9. The van der Waals surface area contributed by atoms with Crippen molar-refractivity contribution >= 4 is 29.3 Å². The molecule has 3 heterocycles. The molecule has 3 aliphatic heterocycles. The van der Waals surface area contributed by atoms with Crippen molar-refractivity contribution in [1.82, 2.24) is 10.2 Å². The van der Waals surface area contributed by atoms with E-state index in [4.69, 9.17) is 4.74 Å². The molecule has 0 radical (unpaired) electrons. The third-order valence-corrected chi connectivity index (χ3v) is 4.75. The van der Waals surface area contributed by atoms with Gasteiger partial charge in [-0.2, -0.15) is 0 Å². The van der Waals surface area contributed by atoms with Gasteiger partial charge >= 0.3 is 0 Å². The Morgan fingerprint density at radius 3 is 3.05 bits per heavy atom. The molecule has 3 rings (SSSR count). The number of carbonyl (C=O) groups is 2. The minimum Gasteiger partial charge on any atom is -0.510 e. The van der Waals surface area contributed by atoms with Gasteiger partial charge in [0.1, 0.15) is 16.6 Å². The number of aliphatic hydroxyl groups is 1. The number of hydrogen-bond donors (Lipinski definition) is 2. The average Bonchev–Trinajstić information content (AvgIpc) is 2.97. The molecule has 1 saturated heterocycles. The number of aliphatic imine (C=N–C) groups is 1. The second-order valence-corrected chi connectivity index (χ2v) is 6.15. The van der Waals surface area contributed by atoms with Crippen molar-refractivity contribution in [3.63, 3.8) is 0 Å². The molecule has 7 nitrogen and oxygen atoms in total. The maximum absolute atomic E-state index is 12.2. The van der Waals surface area contributed by atoms with Crippen LogP contribution in [0.25, 0.3) is 0 Å². The van der Waals surface area contributed by atoms with Crippen LogP contribution in [0.3, 0.4) is 0 Å². The second kappa shape index (κ2) is 6.64. The molecule has 2 amide bonds. The number of aliphatic hydroxyl groups excluding tert-OH is 1. The number of amides is 2. The van der Waals surface area contributed by atoms with Crippen molar-refractivity contribution in [2.24, 2.45) is 4.99 Å². The SMILES string of the molecule is O=C1N=C2C=CSC2C(O)=C1C(=O)NCCN1CCOCC1. The number of allylic oxidation sites excluding steroid dienone is 1. The van der Waals surface area contributed by atoms with Gasteiger partial charge in [0.15, 0.2) is 0 Å². The molecule has 0 saturated carbocycles. The molecule has 8 heteroatoms. The van der Waals surface area contributed by atoms with Crippen LogP contribution in [0, 0.1) is 0 Å². The first-order chi connectivity index (χ1) is 10.7. The molecule has 2 N–H and O–H groups in total. The van der Waals surface area contributed by atoms with Crippen molar-refractivity contribution in [3.05, 3.63) is 22.8 Å². The fourth-order valence-corrected chi connectivity index (χ4v) is 3.41. The Hall–Kier alpha value is -1.64. The van der Waals surface area contributed by atoms with Gasteiger partial charge < -0.3 is 15.2 Å². The van der Waals surface area contributed by atoms with Crippen molar-refractivity contribution in [2.45, 2.75) is 5.25 Å². The maximum Gasteiger partial charge on any atom is 0.286 e. The van der Waals surface area contributed by atoms with Gasteiger partial charge in [-0.15, -0.1) is 11.8 Å². The van der Waals surface area contributed by atoms with Gasteiger partial charge in [-0.05, 0) is 11.5 Å². The number of fused-ring (bicyclic) bond motifs is 1. The monoisotopic (exact) mass is 323 g/mol. The van der Waals surface area contributed by atoms with E-state index in [2.05, 4.69) is 15.2 Å². The number of carbonyl (C=O) groups excluding carboxylic acids is 2. The minimum absolute atomic E-state index is 0.200. The predicted molar refractivity (Wildman–Crippen MR) is 82.9 cm³/mol. The molecule has 0 spiro atoms. The van der Waals surface area contributed by atoms with Gasteiger partial charge in [0.05, 0.1) is 18.9 Å². The Labute approximate surface area is 132 Å². The lowest BCUT2D eigenvalue weighted by Gasteiger charge is -2.26. The van der Waals surface area contributed by atoms with Crippen LogP contribution in [0.1, 0.15) is 0 Å². The first-order valence-corrected chi connectivity index (χ1v) is 8.07. The molecule has 22 heavy (non-hydrogen) atoms. The first-order valence-electron chi connectivity index (χ1n) is 7.13. The van der Waals surface area contributed by atoms with Gasteiger partial charge in [-0.1, -0.05) is 0 Å². The van der Waals surface area contributed by atoms with E-state index in [1.54, 1.807) is 11.5 Å². The van der Waals surface area contributed by atoms with E-state index in [0.29, 0.717) is 32.0 Å². The highest BCUT2D eigenvalue weighted by atomic mass is 32.2. The summed E-state index contributed by atoms with van der Waals surface area (Å²) < 4.78 is 5.25. The van der Waals surface area contributed by atoms with E-state index in [1.807, 2.05) is 0 Å². The van der Waals surface area contributed by atoms with Crippen molar-refractivity contribution in [3.8, 4) is 0 Å². The van der Waals surface area contributed by atoms with Gasteiger partial charge in [0.2, 0.25) is 0 Å². The van der Waals surface area contributed by atoms with Gasteiger partial charge in [0, 0.05) is 26.2 Å². The Morgan fingerprint density at radius 2 is 2.27 bits per heavy atom. The van der Waals surface area contributed by atoms with Crippen LogP contribution >= 0.6 is 11.8 Å². The third kappa shape index (κ3) is 3.08. The van der Waals surface area contributed by atoms with E-state index < -0.39 is 17.1 Å². The molecular weight excluding hydrogens is 306 g/mol. The van der Waals surface area contributed by atoms with Gasteiger partial charge in [-0.25, -0.2) is 4.99 Å². The van der Waals surface area contributed by atoms with Crippen LogP contribution in [0.5, 0.6) is 0 Å². The highest BCUT2D eigenvalue weighted by Gasteiger charge is 2.36. The smallest absolute Gasteiger partial charge is 0.286 e. The summed E-state index contributed by atoms with van der Waals surface area (Å²) in [5.41, 5.74) is 0.254. The molecular formula is C14H17N3O4S. The summed E-state index contributed by atoms with van der Waals surface area (Å²) >= 11 is 1.33. The molecule has 0 aromatic rings. The van der Waals surface area contributed by atoms with E-state index in [0.717, 1.165) is 13.1 Å². The Morgan fingerprint density at radius 1 is 1.50 bits per heavy atom. The summed E-state index contributed by atoms with van der Waals surface area (Å²) in [6, 6.07) is 0. The molecule has 3 aliphatic rings. The largest absolute Gasteiger partial charge is 0.510 e. The maximum atomic E-state index is 12.2. The van der Waals surface area contributed by atoms with E-state index in [1.165, 1.54) is 11.8 Å². The highest BCUT2D eigenvalue weighted by Crippen LogP contribution is 2.32. The lowest BCUT2D eigenvalue weighted by molar-refractivity contribution is -0.122. The highest BCUT2D eigenvalue weighted by molar-refractivity contribution is 8.04. The number of nitrogens with zero attached hydrogens (tertiary/aromatic N) is 2. The summed E-state index contributed by atoms with van der Waals surface area (Å²) in [7, 11) is 0. The van der Waals surface area contributed by atoms with Crippen LogP contribution in [0.4, 0.5) is 0 Å². The minimum atomic E-state index is -0.681. The van der Waals surface area contributed by atoms with Crippen LogP contribution < -0.4 is 5.32 Å². The number of morpholine rings is 1. The third-order valence-electron chi connectivity index (χ3n) is 3.72. The lowest BCUT2D eigenvalue weighted by Crippen LogP contribution is -2.42. The summed E-state index contributed by atoms with van der Waals surface area (Å²) in [5.74, 6) is -1.44. The summed E-state index contributed by atoms with van der Waals surface area (Å²) in [4.78, 5) is 30.1. The molecule has 0 aromatic heterocycles. The summed E-state index contributed by atoms with van der Waals surface area (Å²) in [5, 5.41) is 14.2. The standard InChI is InChI=1S/C14H17N3O4S/c18-11-10(14(20)16-9-1-8-22-12(9)11)13(19)15-2-3-17-4-6-21-7-5-17/h1,8,12,18H,2-7H2,(H,15,19). The topological polar surface area (TPSA) is 91.2 Å². The normalized spacial score (nSPS) is 25.2. The average molecular weight is 323 g/mol. The Balaban J connectivity index is 1.57. The summed E-state index contributed by atoms with van der Waals surface area (Å²) in [6.45, 7) is 4.16. The number of nitrogens with one attached hydrogen (secondary N) is 1. The quantitative estimate of drug-likeness (QED) is 0.700. The van der Waals surface area contributed by atoms with Crippen molar-refractivity contribution in [2.75, 3.05) is 39.4 Å². The molecule has 1 atom stereocenters. The molecule has 1 fully saturated rings. The number of hydrogen-bond acceptors (Lipinski definition) is 6. The van der Waals surface area contributed by atoms with Crippen LogP contribution in [0.15, 0.2) is 27.8 Å². The zero-order valence-corrected chi connectivity index (χ0v) is 12.8. The van der Waals surface area contributed by atoms with E-state index in [-0.39, 0.29) is 11.3 Å². The number of thioether (sulfide) groups is 1. The van der Waals surface area contributed by atoms with Gasteiger partial charge in [0.25, 0.3) is 11.8 Å². The number of rotatable bonds is 4. The zero-order chi connectivity index (χ0) is 15.5. The molecule has 0 aromatic carbocycles. The predicted octanol–water partition coefficient (Wildman–Crippen LogP) is -0.143. The fraction of sp³-hybridized carbons (Fsp3) is 0.500. The number of dihydropyridines is 1. The van der Waals surface area contributed by atoms with Crippen molar-refractivity contribution in [1.29, 1.82) is 0 Å². The van der Waals surface area contributed by atoms with Gasteiger partial charge in [-0.3, -0.25) is 14.5 Å².